The normalized spacial score (nSPS) is 16.7. The van der Waals surface area contributed by atoms with Crippen molar-refractivity contribution in [2.45, 2.75) is 37.8 Å². The first-order chi connectivity index (χ1) is 30.6. The van der Waals surface area contributed by atoms with Crippen LogP contribution < -0.4 is 38.9 Å². The number of fused-ring (bicyclic) bond motifs is 2. The number of methoxy groups -OCH3 is 4. The number of hydrogen-bond donors (Lipinski definition) is 2. The van der Waals surface area contributed by atoms with Gasteiger partial charge in [0.25, 0.3) is 0 Å². The maximum absolute atomic E-state index is 11.7. The molecule has 6 bridgehead atoms. The lowest BCUT2D eigenvalue weighted by molar-refractivity contribution is 0.0731. The molecule has 0 radical (unpaired) electrons. The van der Waals surface area contributed by atoms with Crippen LogP contribution in [0.5, 0.6) is 57.5 Å². The standard InChI is InChI=1S/C38H42N2O6.C13H11NO3/c1-39-15-13-25-20-32(42-4)34-22-28(25)29(39)17-23-7-10-27(11-8-23)45-33-19-24(9-12-31(33)41-3)18-30-36-26(14-16-40(30)2)21-35(43-5)37(44-6)38(36)46-34;14-9-6-7-11(12(15)8-9)13(16)17-10-4-2-1-3-5-10/h7-12,19-22,29-30H,13-18H2,1-6H3;1-8,15H,14H2. The molecule has 0 aromatic heterocycles. The van der Waals surface area contributed by atoms with Gasteiger partial charge in [0, 0.05) is 42.5 Å². The van der Waals surface area contributed by atoms with E-state index < -0.39 is 5.97 Å². The molecule has 4 heterocycles. The average molecular weight is 852 g/mol. The molecule has 10 rings (SSSR count). The Balaban J connectivity index is 0.000000268. The molecule has 2 unspecified atom stereocenters. The van der Waals surface area contributed by atoms with Gasteiger partial charge >= 0.3 is 5.97 Å². The molecule has 326 valence electrons. The number of nitrogen functional groups attached to an aromatic ring is 1. The van der Waals surface area contributed by atoms with Crippen molar-refractivity contribution in [1.29, 1.82) is 0 Å². The fourth-order valence-corrected chi connectivity index (χ4v) is 8.65. The van der Waals surface area contributed by atoms with E-state index in [1.165, 1.54) is 40.5 Å². The van der Waals surface area contributed by atoms with Crippen molar-refractivity contribution in [2.24, 2.45) is 0 Å². The SMILES string of the molecule is COc1ccc2cc1Oc1ccc(cc1)CC1c3cc(c(OC)cc3CCN1C)Oc1c(OC)c(OC)cc3c1C(C2)N(C)CC3.Nc1ccc(C(=O)Oc2ccccc2)c(O)c1. The highest BCUT2D eigenvalue weighted by Gasteiger charge is 2.35. The lowest BCUT2D eigenvalue weighted by atomic mass is 9.87. The minimum atomic E-state index is -0.617. The highest BCUT2D eigenvalue weighted by molar-refractivity contribution is 5.94. The van der Waals surface area contributed by atoms with Crippen LogP contribution in [-0.2, 0) is 25.7 Å². The van der Waals surface area contributed by atoms with Crippen LogP contribution in [0.15, 0.2) is 109 Å². The summed E-state index contributed by atoms with van der Waals surface area (Å²) >= 11 is 0. The number of aromatic hydroxyl groups is 1. The monoisotopic (exact) mass is 851 g/mol. The second kappa shape index (κ2) is 18.6. The van der Waals surface area contributed by atoms with E-state index in [0.717, 1.165) is 55.6 Å². The molecule has 12 heteroatoms. The summed E-state index contributed by atoms with van der Waals surface area (Å²) in [6.45, 7) is 1.86. The van der Waals surface area contributed by atoms with E-state index in [1.807, 2.05) is 24.3 Å². The fourth-order valence-electron chi connectivity index (χ4n) is 8.65. The summed E-state index contributed by atoms with van der Waals surface area (Å²) in [5.41, 5.74) is 13.1. The van der Waals surface area contributed by atoms with Gasteiger partial charge < -0.3 is 44.0 Å². The van der Waals surface area contributed by atoms with Crippen LogP contribution in [0.4, 0.5) is 5.69 Å². The topological polar surface area (TPSA) is 134 Å². The highest BCUT2D eigenvalue weighted by atomic mass is 16.6. The molecular formula is C51H53N3O9. The number of rotatable bonds is 6. The third-order valence-corrected chi connectivity index (χ3v) is 12.0. The quantitative estimate of drug-likeness (QED) is 0.0940. The summed E-state index contributed by atoms with van der Waals surface area (Å²) in [4.78, 5) is 16.5. The van der Waals surface area contributed by atoms with Gasteiger partial charge in [-0.05, 0) is 134 Å². The largest absolute Gasteiger partial charge is 0.507 e. The van der Waals surface area contributed by atoms with Crippen molar-refractivity contribution in [3.05, 3.63) is 148 Å². The van der Waals surface area contributed by atoms with Gasteiger partial charge in [0.2, 0.25) is 5.75 Å². The Morgan fingerprint density at radius 3 is 2.02 bits per heavy atom. The number of hydrogen-bond acceptors (Lipinski definition) is 12. The van der Waals surface area contributed by atoms with Crippen molar-refractivity contribution < 1.29 is 43.1 Å². The van der Waals surface area contributed by atoms with Crippen molar-refractivity contribution in [3.63, 3.8) is 0 Å². The molecule has 0 aliphatic carbocycles. The van der Waals surface area contributed by atoms with Crippen LogP contribution in [-0.4, -0.2) is 76.5 Å². The van der Waals surface area contributed by atoms with E-state index in [-0.39, 0.29) is 23.4 Å². The van der Waals surface area contributed by atoms with E-state index >= 15 is 0 Å². The van der Waals surface area contributed by atoms with E-state index in [9.17, 15) is 9.90 Å². The minimum absolute atomic E-state index is 0.000437. The number of esters is 1. The number of likely N-dealkylation sites (N-methyl/N-ethyl adjacent to an activating group) is 2. The number of carbonyl (C=O) groups is 1. The first-order valence-corrected chi connectivity index (χ1v) is 20.9. The summed E-state index contributed by atoms with van der Waals surface area (Å²) < 4.78 is 42.2. The molecule has 63 heavy (non-hydrogen) atoms. The number of anilines is 1. The Kier molecular flexibility index (Phi) is 12.6. The van der Waals surface area contributed by atoms with Crippen molar-refractivity contribution >= 4 is 11.7 Å². The van der Waals surface area contributed by atoms with Gasteiger partial charge in [-0.15, -0.1) is 0 Å². The number of para-hydroxylation sites is 1. The molecule has 2 atom stereocenters. The molecule has 3 N–H and O–H groups in total. The summed E-state index contributed by atoms with van der Waals surface area (Å²) in [6, 6.07) is 34.1. The Labute approximate surface area is 368 Å². The third kappa shape index (κ3) is 9.04. The van der Waals surface area contributed by atoms with Gasteiger partial charge in [-0.25, -0.2) is 4.79 Å². The lowest BCUT2D eigenvalue weighted by Gasteiger charge is -2.37. The molecule has 6 aromatic carbocycles. The predicted molar refractivity (Wildman–Crippen MR) is 242 cm³/mol. The van der Waals surface area contributed by atoms with Crippen LogP contribution in [0.3, 0.4) is 0 Å². The van der Waals surface area contributed by atoms with Crippen molar-refractivity contribution in [1.82, 2.24) is 9.80 Å². The maximum atomic E-state index is 11.7. The summed E-state index contributed by atoms with van der Waals surface area (Å²) in [6.07, 6.45) is 3.37. The molecular weight excluding hydrogens is 799 g/mol. The van der Waals surface area contributed by atoms with E-state index in [1.54, 1.807) is 52.7 Å². The second-order valence-electron chi connectivity index (χ2n) is 15.9. The summed E-state index contributed by atoms with van der Waals surface area (Å²) in [5, 5.41) is 9.56. The van der Waals surface area contributed by atoms with Crippen molar-refractivity contribution in [2.75, 3.05) is 61.4 Å². The van der Waals surface area contributed by atoms with Gasteiger partial charge in [-0.3, -0.25) is 9.80 Å². The molecule has 0 saturated heterocycles. The molecule has 0 fully saturated rings. The van der Waals surface area contributed by atoms with Crippen LogP contribution in [0.2, 0.25) is 0 Å². The van der Waals surface area contributed by atoms with E-state index in [2.05, 4.69) is 66.4 Å². The first-order valence-electron chi connectivity index (χ1n) is 20.9. The summed E-state index contributed by atoms with van der Waals surface area (Å²) in [7, 11) is 11.1. The van der Waals surface area contributed by atoms with E-state index in [4.69, 9.17) is 38.9 Å². The zero-order chi connectivity index (χ0) is 44.2. The van der Waals surface area contributed by atoms with Gasteiger partial charge in [0.05, 0.1) is 28.4 Å². The van der Waals surface area contributed by atoms with Gasteiger partial charge in [0.1, 0.15) is 22.8 Å². The van der Waals surface area contributed by atoms with E-state index in [0.29, 0.717) is 51.7 Å². The van der Waals surface area contributed by atoms with Crippen LogP contribution in [0, 0.1) is 0 Å². The number of ether oxygens (including phenoxy) is 7. The zero-order valence-electron chi connectivity index (χ0n) is 36.5. The number of benzene rings is 6. The van der Waals surface area contributed by atoms with Gasteiger partial charge in [0.15, 0.2) is 34.5 Å². The Hall–Kier alpha value is -6.89. The molecule has 6 aromatic rings. The van der Waals surface area contributed by atoms with Crippen LogP contribution >= 0.6 is 0 Å². The lowest BCUT2D eigenvalue weighted by Crippen LogP contribution is -2.34. The molecule has 0 amide bonds. The summed E-state index contributed by atoms with van der Waals surface area (Å²) in [5.74, 6) is 5.03. The Morgan fingerprint density at radius 2 is 1.32 bits per heavy atom. The molecule has 4 aliphatic rings. The van der Waals surface area contributed by atoms with Gasteiger partial charge in [-0.2, -0.15) is 0 Å². The third-order valence-electron chi connectivity index (χ3n) is 12.0. The zero-order valence-corrected chi connectivity index (χ0v) is 36.5. The smallest absolute Gasteiger partial charge is 0.347 e. The highest BCUT2D eigenvalue weighted by Crippen LogP contribution is 2.52. The Bertz CT molecular complexity index is 2600. The molecule has 0 saturated carbocycles. The molecule has 0 spiro atoms. The Morgan fingerprint density at radius 1 is 0.667 bits per heavy atom. The number of phenols is 1. The molecule has 12 nitrogen and oxygen atoms in total. The first kappa shape index (κ1) is 42.8. The predicted octanol–water partition coefficient (Wildman–Crippen LogP) is 9.36. The molecule has 4 aliphatic heterocycles. The number of nitrogens with zero attached hydrogens (tertiary/aromatic N) is 2. The average Bonchev–Trinajstić information content (AvgIpc) is 3.29. The minimum Gasteiger partial charge on any atom is -0.507 e. The number of nitrogens with two attached hydrogens (primary N) is 1. The second-order valence-corrected chi connectivity index (χ2v) is 15.9. The maximum Gasteiger partial charge on any atom is 0.347 e. The van der Waals surface area contributed by atoms with Gasteiger partial charge in [-0.1, -0.05) is 36.4 Å². The van der Waals surface area contributed by atoms with Crippen LogP contribution in [0.1, 0.15) is 55.8 Å². The van der Waals surface area contributed by atoms with Crippen LogP contribution in [0.25, 0.3) is 0 Å². The van der Waals surface area contributed by atoms with Crippen molar-refractivity contribution in [3.8, 4) is 57.5 Å². The number of carbonyl (C=O) groups excluding carboxylic acids is 1. The fraction of sp³-hybridized carbons (Fsp3) is 0.275. The number of phenolic OH excluding ortho intramolecular Hbond substituents is 1.